The van der Waals surface area contributed by atoms with Crippen molar-refractivity contribution in [1.82, 2.24) is 10.3 Å². The van der Waals surface area contributed by atoms with E-state index in [0.29, 0.717) is 30.2 Å². The van der Waals surface area contributed by atoms with Gasteiger partial charge < -0.3 is 20.5 Å². The molecule has 1 saturated heterocycles. The predicted octanol–water partition coefficient (Wildman–Crippen LogP) is 2.17. The van der Waals surface area contributed by atoms with E-state index in [1.54, 1.807) is 24.4 Å². The van der Waals surface area contributed by atoms with Crippen molar-refractivity contribution in [2.45, 2.75) is 45.3 Å². The lowest BCUT2D eigenvalue weighted by Gasteiger charge is -2.23. The van der Waals surface area contributed by atoms with Gasteiger partial charge in [-0.1, -0.05) is 0 Å². The number of fused-ring (bicyclic) bond motifs is 1. The van der Waals surface area contributed by atoms with E-state index in [0.717, 1.165) is 17.2 Å². The van der Waals surface area contributed by atoms with Crippen molar-refractivity contribution in [2.75, 3.05) is 6.61 Å². The zero-order valence-electron chi connectivity index (χ0n) is 15.2. The standard InChI is InChI=1S/C19H23N3O4/c1-19(2,3)26-15-9-13-11(8-14(15)17(20)24)6-7-21-18(13)25-10-12-4-5-16(23)22-12/h6-9,12H,4-5,10H2,1-3H3,(H2,20,24)(H,22,23). The summed E-state index contributed by atoms with van der Waals surface area (Å²) in [6.07, 6.45) is 2.87. The first-order valence-corrected chi connectivity index (χ1v) is 8.57. The molecule has 0 bridgehead atoms. The Morgan fingerprint density at radius 3 is 2.77 bits per heavy atom. The topological polar surface area (TPSA) is 104 Å². The van der Waals surface area contributed by atoms with E-state index in [9.17, 15) is 9.59 Å². The molecule has 1 aromatic heterocycles. The van der Waals surface area contributed by atoms with Crippen LogP contribution in [0.5, 0.6) is 11.6 Å². The molecule has 0 aliphatic carbocycles. The summed E-state index contributed by atoms with van der Waals surface area (Å²) in [5, 5.41) is 4.36. The zero-order chi connectivity index (χ0) is 18.9. The van der Waals surface area contributed by atoms with E-state index in [2.05, 4.69) is 10.3 Å². The number of hydrogen-bond donors (Lipinski definition) is 2. The largest absolute Gasteiger partial charge is 0.487 e. The third-order valence-corrected chi connectivity index (χ3v) is 4.02. The summed E-state index contributed by atoms with van der Waals surface area (Å²) < 4.78 is 11.7. The molecule has 3 rings (SSSR count). The Morgan fingerprint density at radius 1 is 1.38 bits per heavy atom. The number of ether oxygens (including phenoxy) is 2. The normalized spacial score (nSPS) is 17.2. The lowest BCUT2D eigenvalue weighted by atomic mass is 10.1. The quantitative estimate of drug-likeness (QED) is 0.853. The number of primary amides is 1. The Kier molecular flexibility index (Phi) is 4.71. The fourth-order valence-electron chi connectivity index (χ4n) is 2.88. The van der Waals surface area contributed by atoms with E-state index in [-0.39, 0.29) is 11.9 Å². The molecule has 1 unspecified atom stereocenters. The number of rotatable bonds is 5. The van der Waals surface area contributed by atoms with Crippen LogP contribution in [0.2, 0.25) is 0 Å². The van der Waals surface area contributed by atoms with Crippen LogP contribution >= 0.6 is 0 Å². The van der Waals surface area contributed by atoms with Crippen molar-refractivity contribution in [1.29, 1.82) is 0 Å². The smallest absolute Gasteiger partial charge is 0.252 e. The Labute approximate surface area is 151 Å². The molecule has 1 aliphatic rings. The second-order valence-electron chi connectivity index (χ2n) is 7.38. The summed E-state index contributed by atoms with van der Waals surface area (Å²) in [5.41, 5.74) is 5.33. The molecule has 7 nitrogen and oxygen atoms in total. The van der Waals surface area contributed by atoms with Crippen molar-refractivity contribution >= 4 is 22.6 Å². The van der Waals surface area contributed by atoms with Crippen LogP contribution in [0.3, 0.4) is 0 Å². The monoisotopic (exact) mass is 357 g/mol. The predicted molar refractivity (Wildman–Crippen MR) is 97.3 cm³/mol. The fourth-order valence-corrected chi connectivity index (χ4v) is 2.88. The number of benzene rings is 1. The second kappa shape index (κ2) is 6.82. The summed E-state index contributed by atoms with van der Waals surface area (Å²) in [4.78, 5) is 27.4. The Hall–Kier alpha value is -2.83. The second-order valence-corrected chi connectivity index (χ2v) is 7.38. The number of hydrogen-bond acceptors (Lipinski definition) is 5. The van der Waals surface area contributed by atoms with Gasteiger partial charge in [-0.3, -0.25) is 9.59 Å². The lowest BCUT2D eigenvalue weighted by molar-refractivity contribution is -0.119. The van der Waals surface area contributed by atoms with Crippen molar-refractivity contribution < 1.29 is 19.1 Å². The number of carbonyl (C=O) groups excluding carboxylic acids is 2. The highest BCUT2D eigenvalue weighted by Gasteiger charge is 2.23. The van der Waals surface area contributed by atoms with E-state index in [1.807, 2.05) is 20.8 Å². The van der Waals surface area contributed by atoms with Crippen molar-refractivity contribution in [2.24, 2.45) is 5.73 Å². The van der Waals surface area contributed by atoms with Crippen LogP contribution in [0, 0.1) is 0 Å². The molecule has 2 aromatic rings. The molecule has 2 amide bonds. The van der Waals surface area contributed by atoms with E-state index >= 15 is 0 Å². The van der Waals surface area contributed by atoms with Gasteiger partial charge in [0.25, 0.3) is 5.91 Å². The lowest BCUT2D eigenvalue weighted by Crippen LogP contribution is -2.31. The third-order valence-electron chi connectivity index (χ3n) is 4.02. The summed E-state index contributed by atoms with van der Waals surface area (Å²) in [7, 11) is 0. The number of amides is 2. The maximum absolute atomic E-state index is 11.8. The van der Waals surface area contributed by atoms with Gasteiger partial charge in [0.15, 0.2) is 0 Å². The highest BCUT2D eigenvalue weighted by atomic mass is 16.5. The third kappa shape index (κ3) is 4.04. The first-order chi connectivity index (χ1) is 12.2. The van der Waals surface area contributed by atoms with Crippen LogP contribution in [0.4, 0.5) is 0 Å². The van der Waals surface area contributed by atoms with Gasteiger partial charge in [-0.05, 0) is 50.8 Å². The van der Waals surface area contributed by atoms with Gasteiger partial charge in [-0.2, -0.15) is 0 Å². The summed E-state index contributed by atoms with van der Waals surface area (Å²) in [5.74, 6) is 0.304. The molecule has 1 aliphatic heterocycles. The molecule has 0 radical (unpaired) electrons. The van der Waals surface area contributed by atoms with E-state index in [4.69, 9.17) is 15.2 Å². The van der Waals surface area contributed by atoms with Gasteiger partial charge in [0.2, 0.25) is 11.8 Å². The first kappa shape index (κ1) is 18.0. The number of carbonyl (C=O) groups is 2. The van der Waals surface area contributed by atoms with Gasteiger partial charge in [0.1, 0.15) is 18.0 Å². The van der Waals surface area contributed by atoms with Crippen molar-refractivity contribution in [3.8, 4) is 11.6 Å². The average molecular weight is 357 g/mol. The number of nitrogens with two attached hydrogens (primary N) is 1. The Morgan fingerprint density at radius 2 is 2.15 bits per heavy atom. The van der Waals surface area contributed by atoms with Gasteiger partial charge >= 0.3 is 0 Å². The van der Waals surface area contributed by atoms with Crippen LogP contribution in [0.1, 0.15) is 44.0 Å². The maximum Gasteiger partial charge on any atom is 0.252 e. The van der Waals surface area contributed by atoms with E-state index < -0.39 is 11.5 Å². The van der Waals surface area contributed by atoms with Gasteiger partial charge in [-0.25, -0.2) is 4.98 Å². The summed E-state index contributed by atoms with van der Waals surface area (Å²) >= 11 is 0. The average Bonchev–Trinajstić information content (AvgIpc) is 2.96. The summed E-state index contributed by atoms with van der Waals surface area (Å²) in [6.45, 7) is 6.02. The van der Waals surface area contributed by atoms with Crippen molar-refractivity contribution in [3.05, 3.63) is 30.0 Å². The minimum Gasteiger partial charge on any atom is -0.487 e. The molecule has 1 fully saturated rings. The highest BCUT2D eigenvalue weighted by molar-refractivity contribution is 6.01. The molecule has 3 N–H and O–H groups in total. The molecule has 7 heteroatoms. The van der Waals surface area contributed by atoms with Gasteiger partial charge in [-0.15, -0.1) is 0 Å². The van der Waals surface area contributed by atoms with Gasteiger partial charge in [0, 0.05) is 18.0 Å². The van der Waals surface area contributed by atoms with Crippen LogP contribution in [0.25, 0.3) is 10.8 Å². The minimum atomic E-state index is -0.556. The molecule has 0 saturated carbocycles. The van der Waals surface area contributed by atoms with Crippen LogP contribution in [0.15, 0.2) is 24.4 Å². The molecule has 26 heavy (non-hydrogen) atoms. The number of aromatic nitrogens is 1. The first-order valence-electron chi connectivity index (χ1n) is 8.57. The number of nitrogens with one attached hydrogen (secondary N) is 1. The summed E-state index contributed by atoms with van der Waals surface area (Å²) in [6, 6.07) is 5.18. The molecule has 1 aromatic carbocycles. The molecule has 1 atom stereocenters. The van der Waals surface area contributed by atoms with Gasteiger partial charge in [0.05, 0.1) is 11.6 Å². The van der Waals surface area contributed by atoms with Crippen LogP contribution < -0.4 is 20.5 Å². The van der Waals surface area contributed by atoms with E-state index in [1.165, 1.54) is 0 Å². The van der Waals surface area contributed by atoms with Crippen LogP contribution in [-0.2, 0) is 4.79 Å². The maximum atomic E-state index is 11.8. The number of pyridine rings is 1. The zero-order valence-corrected chi connectivity index (χ0v) is 15.2. The molecular formula is C19H23N3O4. The molecule has 2 heterocycles. The Balaban J connectivity index is 1.95. The molecular weight excluding hydrogens is 334 g/mol. The highest BCUT2D eigenvalue weighted by Crippen LogP contribution is 2.32. The molecule has 138 valence electrons. The minimum absolute atomic E-state index is 0.0188. The molecule has 0 spiro atoms. The number of nitrogens with zero attached hydrogens (tertiary/aromatic N) is 1. The SMILES string of the molecule is CC(C)(C)Oc1cc2c(OCC3CCC(=O)N3)nccc2cc1C(N)=O. The fraction of sp³-hybridized carbons (Fsp3) is 0.421. The Bertz CT molecular complexity index is 858. The van der Waals surface area contributed by atoms with Crippen molar-refractivity contribution in [3.63, 3.8) is 0 Å². The van der Waals surface area contributed by atoms with Crippen LogP contribution in [-0.4, -0.2) is 35.0 Å².